The molecule has 37 heavy (non-hydrogen) atoms. The molecule has 0 N–H and O–H groups in total. The number of amidine groups is 1. The number of benzene rings is 2. The minimum Gasteiger partial charge on any atom is -0.496 e. The average Bonchev–Trinajstić information content (AvgIpc) is 3.57. The number of amides is 1. The lowest BCUT2D eigenvalue weighted by atomic mass is 10.1. The summed E-state index contributed by atoms with van der Waals surface area (Å²) < 4.78 is 16.9. The predicted octanol–water partition coefficient (Wildman–Crippen LogP) is 4.76. The average molecular weight is 523 g/mol. The highest BCUT2D eigenvalue weighted by atomic mass is 32.2. The van der Waals surface area contributed by atoms with E-state index < -0.39 is 0 Å². The molecular formula is C28H34N4O4S. The van der Waals surface area contributed by atoms with Gasteiger partial charge in [-0.2, -0.15) is 0 Å². The van der Waals surface area contributed by atoms with Crippen molar-refractivity contribution >= 4 is 46.0 Å². The lowest BCUT2D eigenvalue weighted by molar-refractivity contribution is -0.122. The number of anilines is 2. The van der Waals surface area contributed by atoms with Crippen molar-refractivity contribution in [3.8, 4) is 11.5 Å². The van der Waals surface area contributed by atoms with Gasteiger partial charge >= 0.3 is 0 Å². The van der Waals surface area contributed by atoms with Crippen LogP contribution in [0.25, 0.3) is 6.08 Å². The Balaban J connectivity index is 1.41. The molecule has 2 aromatic carbocycles. The van der Waals surface area contributed by atoms with Crippen LogP contribution >= 0.6 is 11.8 Å². The third-order valence-corrected chi connectivity index (χ3v) is 7.93. The van der Waals surface area contributed by atoms with E-state index in [2.05, 4.69) is 21.9 Å². The van der Waals surface area contributed by atoms with Crippen LogP contribution in [-0.4, -0.2) is 76.1 Å². The Kier molecular flexibility index (Phi) is 7.90. The Labute approximate surface area is 222 Å². The van der Waals surface area contributed by atoms with Gasteiger partial charge in [0.25, 0.3) is 5.91 Å². The Hall–Kier alpha value is -3.17. The summed E-state index contributed by atoms with van der Waals surface area (Å²) in [6, 6.07) is 12.1. The smallest absolute Gasteiger partial charge is 0.266 e. The van der Waals surface area contributed by atoms with Crippen molar-refractivity contribution in [3.05, 3.63) is 46.9 Å². The van der Waals surface area contributed by atoms with E-state index in [9.17, 15) is 4.79 Å². The first kappa shape index (κ1) is 25.5. The van der Waals surface area contributed by atoms with Crippen LogP contribution in [0.15, 0.2) is 46.3 Å². The van der Waals surface area contributed by atoms with Gasteiger partial charge in [0.2, 0.25) is 0 Å². The molecule has 3 heterocycles. The molecule has 3 aliphatic heterocycles. The maximum Gasteiger partial charge on any atom is 0.266 e. The quantitative estimate of drug-likeness (QED) is 0.486. The van der Waals surface area contributed by atoms with Gasteiger partial charge in [0, 0.05) is 50.0 Å². The minimum atomic E-state index is -0.0548. The van der Waals surface area contributed by atoms with E-state index in [1.54, 1.807) is 19.1 Å². The van der Waals surface area contributed by atoms with Crippen molar-refractivity contribution in [2.75, 3.05) is 70.0 Å². The molecule has 196 valence electrons. The number of rotatable bonds is 7. The van der Waals surface area contributed by atoms with E-state index >= 15 is 0 Å². The number of likely N-dealkylation sites (N-methyl/N-ethyl adjacent to an activating group) is 1. The van der Waals surface area contributed by atoms with Crippen molar-refractivity contribution < 1.29 is 19.0 Å². The largest absolute Gasteiger partial charge is 0.496 e. The minimum absolute atomic E-state index is 0.0548. The summed E-state index contributed by atoms with van der Waals surface area (Å²) in [5.41, 5.74) is 3.82. The summed E-state index contributed by atoms with van der Waals surface area (Å²) in [7, 11) is 3.34. The molecule has 5 rings (SSSR count). The van der Waals surface area contributed by atoms with Crippen molar-refractivity contribution in [2.24, 2.45) is 4.99 Å². The highest BCUT2D eigenvalue weighted by Gasteiger charge is 2.33. The Morgan fingerprint density at radius 2 is 1.68 bits per heavy atom. The molecule has 0 atom stereocenters. The topological polar surface area (TPSA) is 66.8 Å². The number of thioether (sulfide) groups is 1. The molecule has 0 radical (unpaired) electrons. The van der Waals surface area contributed by atoms with Crippen molar-refractivity contribution in [2.45, 2.75) is 19.8 Å². The number of aliphatic imine (C=N–C) groups is 1. The van der Waals surface area contributed by atoms with Gasteiger partial charge in [0.1, 0.15) is 11.5 Å². The second-order valence-electron chi connectivity index (χ2n) is 9.13. The summed E-state index contributed by atoms with van der Waals surface area (Å²) in [6.45, 7) is 7.81. The lowest BCUT2D eigenvalue weighted by Crippen LogP contribution is -2.36. The Bertz CT molecular complexity index is 1190. The second kappa shape index (κ2) is 11.5. The van der Waals surface area contributed by atoms with Crippen molar-refractivity contribution in [1.29, 1.82) is 0 Å². The summed E-state index contributed by atoms with van der Waals surface area (Å²) in [5.74, 6) is 1.45. The normalized spacial score (nSPS) is 20.4. The van der Waals surface area contributed by atoms with Crippen LogP contribution < -0.4 is 19.3 Å². The van der Waals surface area contributed by atoms with Gasteiger partial charge in [-0.25, -0.2) is 4.99 Å². The zero-order valence-corrected chi connectivity index (χ0v) is 22.6. The number of carbonyl (C=O) groups is 1. The first-order chi connectivity index (χ1) is 18.1. The summed E-state index contributed by atoms with van der Waals surface area (Å²) >= 11 is 1.39. The number of methoxy groups -OCH3 is 2. The first-order valence-corrected chi connectivity index (χ1v) is 13.7. The van der Waals surface area contributed by atoms with Gasteiger partial charge in [-0.15, -0.1) is 0 Å². The standard InChI is InChI=1S/C28H34N4O4S/c1-4-32-27(33)26(18-20-17-25(35-3)23(19-24(20)34-2)31-11-5-6-12-31)37-28(32)29-21-7-9-22(10-8-21)30-13-15-36-16-14-30/h7-10,17-19H,4-6,11-16H2,1-3H3/b26-18-,29-28?. The number of ether oxygens (including phenoxy) is 3. The van der Waals surface area contributed by atoms with E-state index in [0.717, 1.165) is 73.5 Å². The van der Waals surface area contributed by atoms with Gasteiger partial charge < -0.3 is 24.0 Å². The third-order valence-electron chi connectivity index (χ3n) is 6.92. The molecule has 0 unspecified atom stereocenters. The summed E-state index contributed by atoms with van der Waals surface area (Å²) in [6.07, 6.45) is 4.23. The number of nitrogens with zero attached hydrogens (tertiary/aromatic N) is 4. The summed E-state index contributed by atoms with van der Waals surface area (Å²) in [4.78, 5) is 25.1. The molecule has 3 aliphatic rings. The third kappa shape index (κ3) is 5.43. The van der Waals surface area contributed by atoms with Crippen molar-refractivity contribution in [3.63, 3.8) is 0 Å². The highest BCUT2D eigenvalue weighted by molar-refractivity contribution is 8.18. The molecule has 0 aliphatic carbocycles. The molecule has 3 fully saturated rings. The van der Waals surface area contributed by atoms with Crippen LogP contribution in [0, 0.1) is 0 Å². The van der Waals surface area contributed by atoms with Crippen LogP contribution in [0.3, 0.4) is 0 Å². The van der Waals surface area contributed by atoms with Crippen LogP contribution in [0.5, 0.6) is 11.5 Å². The number of morpholine rings is 1. The van der Waals surface area contributed by atoms with Gasteiger partial charge in [-0.1, -0.05) is 0 Å². The van der Waals surface area contributed by atoms with E-state index in [0.29, 0.717) is 16.6 Å². The number of hydrogen-bond acceptors (Lipinski definition) is 8. The zero-order valence-electron chi connectivity index (χ0n) is 21.7. The van der Waals surface area contributed by atoms with Gasteiger partial charge in [-0.05, 0) is 67.9 Å². The SMILES string of the molecule is CCN1C(=O)/C(=C/c2cc(OC)c(N3CCCC3)cc2OC)SC1=Nc1ccc(N2CCOCC2)cc1. The van der Waals surface area contributed by atoms with Crippen LogP contribution in [0.4, 0.5) is 17.1 Å². The van der Waals surface area contributed by atoms with E-state index in [1.807, 2.05) is 37.3 Å². The molecule has 0 saturated carbocycles. The second-order valence-corrected chi connectivity index (χ2v) is 10.1. The number of carbonyl (C=O) groups excluding carboxylic acids is 1. The lowest BCUT2D eigenvalue weighted by Gasteiger charge is -2.28. The molecule has 9 heteroatoms. The van der Waals surface area contributed by atoms with Crippen LogP contribution in [0.1, 0.15) is 25.3 Å². The molecule has 0 aromatic heterocycles. The van der Waals surface area contributed by atoms with E-state index in [-0.39, 0.29) is 5.91 Å². The first-order valence-electron chi connectivity index (χ1n) is 12.8. The molecular weight excluding hydrogens is 488 g/mol. The fourth-order valence-corrected chi connectivity index (χ4v) is 5.96. The van der Waals surface area contributed by atoms with Crippen LogP contribution in [-0.2, 0) is 9.53 Å². The van der Waals surface area contributed by atoms with Gasteiger partial charge in [0.15, 0.2) is 5.17 Å². The van der Waals surface area contributed by atoms with Crippen LogP contribution in [0.2, 0.25) is 0 Å². The Morgan fingerprint density at radius 3 is 2.32 bits per heavy atom. The van der Waals surface area contributed by atoms with E-state index in [1.165, 1.54) is 24.6 Å². The molecule has 8 nitrogen and oxygen atoms in total. The number of hydrogen-bond donors (Lipinski definition) is 0. The van der Waals surface area contributed by atoms with Crippen molar-refractivity contribution in [1.82, 2.24) is 4.90 Å². The predicted molar refractivity (Wildman–Crippen MR) is 151 cm³/mol. The fraction of sp³-hybridized carbons (Fsp3) is 0.429. The summed E-state index contributed by atoms with van der Waals surface area (Å²) in [5, 5.41) is 0.678. The maximum atomic E-state index is 13.3. The fourth-order valence-electron chi connectivity index (χ4n) is 4.90. The molecule has 3 saturated heterocycles. The van der Waals surface area contributed by atoms with E-state index in [4.69, 9.17) is 19.2 Å². The molecule has 2 aromatic rings. The molecule has 0 bridgehead atoms. The molecule has 1 amide bonds. The monoisotopic (exact) mass is 522 g/mol. The maximum absolute atomic E-state index is 13.3. The van der Waals surface area contributed by atoms with Gasteiger partial charge in [-0.3, -0.25) is 9.69 Å². The molecule has 0 spiro atoms. The zero-order chi connectivity index (χ0) is 25.8. The highest BCUT2D eigenvalue weighted by Crippen LogP contribution is 2.40. The Morgan fingerprint density at radius 1 is 0.973 bits per heavy atom. The van der Waals surface area contributed by atoms with Gasteiger partial charge in [0.05, 0.1) is 43.7 Å².